The molecule has 0 radical (unpaired) electrons. The normalized spacial score (nSPS) is 11.1. The van der Waals surface area contributed by atoms with Gasteiger partial charge in [0.05, 0.1) is 11.7 Å². The number of imidazole rings is 1. The molecule has 0 aliphatic rings. The molecule has 0 saturated heterocycles. The largest absolute Gasteiger partial charge is 0.508 e. The fraction of sp³-hybridized carbons (Fsp3) is 0.250. The van der Waals surface area contributed by atoms with Gasteiger partial charge in [0.15, 0.2) is 0 Å². The van der Waals surface area contributed by atoms with Gasteiger partial charge in [-0.3, -0.25) is 4.98 Å². The van der Waals surface area contributed by atoms with Crippen LogP contribution in [0.5, 0.6) is 5.75 Å². The van der Waals surface area contributed by atoms with Crippen LogP contribution in [0.15, 0.2) is 36.7 Å². The minimum Gasteiger partial charge on any atom is -0.508 e. The van der Waals surface area contributed by atoms with Crippen LogP contribution in [-0.4, -0.2) is 19.6 Å². The van der Waals surface area contributed by atoms with Crippen LogP contribution >= 0.6 is 0 Å². The summed E-state index contributed by atoms with van der Waals surface area (Å²) >= 11 is 0. The molecule has 0 saturated carbocycles. The second kappa shape index (κ2) is 4.96. The Bertz CT molecular complexity index is 762. The summed E-state index contributed by atoms with van der Waals surface area (Å²) in [6.45, 7) is 4.92. The lowest BCUT2D eigenvalue weighted by Gasteiger charge is -2.08. The van der Waals surface area contributed by atoms with E-state index in [2.05, 4.69) is 21.5 Å². The molecule has 4 nitrogen and oxygen atoms in total. The van der Waals surface area contributed by atoms with Crippen molar-refractivity contribution in [3.63, 3.8) is 0 Å². The molecular weight excluding hydrogens is 250 g/mol. The SMILES string of the molecule is CCCn1c(-c2ccc(C)c(O)c2)nc2cnccc21. The third kappa shape index (κ3) is 2.03. The van der Waals surface area contributed by atoms with Gasteiger partial charge in [-0.25, -0.2) is 4.98 Å². The predicted octanol–water partition coefficient (Wildman–Crippen LogP) is 3.52. The van der Waals surface area contributed by atoms with E-state index >= 15 is 0 Å². The van der Waals surface area contributed by atoms with E-state index in [-0.39, 0.29) is 0 Å². The quantitative estimate of drug-likeness (QED) is 0.790. The van der Waals surface area contributed by atoms with Gasteiger partial charge in [0, 0.05) is 18.3 Å². The van der Waals surface area contributed by atoms with Gasteiger partial charge in [-0.05, 0) is 31.0 Å². The van der Waals surface area contributed by atoms with Gasteiger partial charge in [-0.2, -0.15) is 0 Å². The van der Waals surface area contributed by atoms with Gasteiger partial charge >= 0.3 is 0 Å². The zero-order chi connectivity index (χ0) is 14.1. The molecule has 0 aliphatic heterocycles. The van der Waals surface area contributed by atoms with Gasteiger partial charge in [0.2, 0.25) is 0 Å². The van der Waals surface area contributed by atoms with Crippen LogP contribution < -0.4 is 0 Å². The second-order valence-corrected chi connectivity index (χ2v) is 4.95. The highest BCUT2D eigenvalue weighted by Gasteiger charge is 2.12. The minimum absolute atomic E-state index is 0.302. The minimum atomic E-state index is 0.302. The van der Waals surface area contributed by atoms with E-state index in [0.29, 0.717) is 5.75 Å². The Hall–Kier alpha value is -2.36. The maximum Gasteiger partial charge on any atom is 0.141 e. The van der Waals surface area contributed by atoms with Crippen LogP contribution in [0.2, 0.25) is 0 Å². The molecule has 102 valence electrons. The second-order valence-electron chi connectivity index (χ2n) is 4.95. The van der Waals surface area contributed by atoms with Crippen molar-refractivity contribution in [1.29, 1.82) is 0 Å². The Balaban J connectivity index is 2.23. The summed E-state index contributed by atoms with van der Waals surface area (Å²) in [5.41, 5.74) is 3.76. The van der Waals surface area contributed by atoms with E-state index in [1.54, 1.807) is 18.5 Å². The number of pyridine rings is 1. The molecule has 0 aliphatic carbocycles. The fourth-order valence-electron chi connectivity index (χ4n) is 2.40. The van der Waals surface area contributed by atoms with Crippen molar-refractivity contribution >= 4 is 11.0 Å². The summed E-state index contributed by atoms with van der Waals surface area (Å²) in [7, 11) is 0. The number of phenolic OH excluding ortho intramolecular Hbond substituents is 1. The first-order valence-electron chi connectivity index (χ1n) is 6.81. The van der Waals surface area contributed by atoms with Crippen LogP contribution in [0.25, 0.3) is 22.4 Å². The number of rotatable bonds is 3. The molecule has 1 aromatic carbocycles. The molecule has 0 fully saturated rings. The molecular formula is C16H17N3O. The summed E-state index contributed by atoms with van der Waals surface area (Å²) in [6.07, 6.45) is 4.59. The topological polar surface area (TPSA) is 50.9 Å². The zero-order valence-corrected chi connectivity index (χ0v) is 11.7. The standard InChI is InChI=1S/C16H17N3O/c1-3-8-19-14-6-7-17-10-13(14)18-16(19)12-5-4-11(2)15(20)9-12/h4-7,9-10,20H,3,8H2,1-2H3. The highest BCUT2D eigenvalue weighted by Crippen LogP contribution is 2.28. The maximum atomic E-state index is 9.91. The molecule has 3 rings (SSSR count). The molecule has 2 aromatic heterocycles. The predicted molar refractivity (Wildman–Crippen MR) is 79.7 cm³/mol. The summed E-state index contributed by atoms with van der Waals surface area (Å²) in [5.74, 6) is 1.18. The van der Waals surface area contributed by atoms with E-state index < -0.39 is 0 Å². The smallest absolute Gasteiger partial charge is 0.141 e. The lowest BCUT2D eigenvalue weighted by Crippen LogP contribution is -1.99. The molecule has 1 N–H and O–H groups in total. The third-order valence-electron chi connectivity index (χ3n) is 3.47. The lowest BCUT2D eigenvalue weighted by atomic mass is 10.1. The molecule has 2 heterocycles. The Labute approximate surface area is 117 Å². The fourth-order valence-corrected chi connectivity index (χ4v) is 2.40. The van der Waals surface area contributed by atoms with E-state index in [1.807, 2.05) is 25.1 Å². The third-order valence-corrected chi connectivity index (χ3v) is 3.47. The Kier molecular flexibility index (Phi) is 3.14. The van der Waals surface area contributed by atoms with E-state index in [4.69, 9.17) is 0 Å². The van der Waals surface area contributed by atoms with Crippen molar-refractivity contribution < 1.29 is 5.11 Å². The van der Waals surface area contributed by atoms with Crippen LogP contribution in [0.4, 0.5) is 0 Å². The Morgan fingerprint density at radius 2 is 2.10 bits per heavy atom. The van der Waals surface area contributed by atoms with Gasteiger partial charge in [-0.15, -0.1) is 0 Å². The molecule has 0 bridgehead atoms. The lowest BCUT2D eigenvalue weighted by molar-refractivity contribution is 0.471. The molecule has 0 amide bonds. The number of aromatic nitrogens is 3. The maximum absolute atomic E-state index is 9.91. The molecule has 0 unspecified atom stereocenters. The van der Waals surface area contributed by atoms with Crippen LogP contribution in [0.1, 0.15) is 18.9 Å². The van der Waals surface area contributed by atoms with Gasteiger partial charge < -0.3 is 9.67 Å². The molecule has 20 heavy (non-hydrogen) atoms. The highest BCUT2D eigenvalue weighted by atomic mass is 16.3. The van der Waals surface area contributed by atoms with Crippen molar-refractivity contribution in [2.75, 3.05) is 0 Å². The average Bonchev–Trinajstić information content (AvgIpc) is 2.82. The number of aromatic hydroxyl groups is 1. The average molecular weight is 267 g/mol. The number of hydrogen-bond acceptors (Lipinski definition) is 3. The number of hydrogen-bond donors (Lipinski definition) is 1. The highest BCUT2D eigenvalue weighted by molar-refractivity contribution is 5.80. The summed E-state index contributed by atoms with van der Waals surface area (Å²) in [4.78, 5) is 8.79. The Morgan fingerprint density at radius 1 is 1.25 bits per heavy atom. The van der Waals surface area contributed by atoms with Crippen LogP contribution in [-0.2, 0) is 6.54 Å². The van der Waals surface area contributed by atoms with Crippen molar-refractivity contribution in [1.82, 2.24) is 14.5 Å². The monoisotopic (exact) mass is 267 g/mol. The molecule has 0 atom stereocenters. The molecule has 3 aromatic rings. The van der Waals surface area contributed by atoms with Crippen LogP contribution in [0, 0.1) is 6.92 Å². The Morgan fingerprint density at radius 3 is 2.85 bits per heavy atom. The van der Waals surface area contributed by atoms with Gasteiger partial charge in [-0.1, -0.05) is 19.1 Å². The molecule has 0 spiro atoms. The number of aryl methyl sites for hydroxylation is 2. The zero-order valence-electron chi connectivity index (χ0n) is 11.7. The van der Waals surface area contributed by atoms with E-state index in [1.165, 1.54) is 0 Å². The number of nitrogens with zero attached hydrogens (tertiary/aromatic N) is 3. The number of phenols is 1. The van der Waals surface area contributed by atoms with E-state index in [0.717, 1.165) is 41.0 Å². The van der Waals surface area contributed by atoms with E-state index in [9.17, 15) is 5.11 Å². The van der Waals surface area contributed by atoms with Crippen molar-refractivity contribution in [2.24, 2.45) is 0 Å². The summed E-state index contributed by atoms with van der Waals surface area (Å²) in [5, 5.41) is 9.91. The first kappa shape index (κ1) is 12.7. The number of fused-ring (bicyclic) bond motifs is 1. The first-order chi connectivity index (χ1) is 9.70. The number of benzene rings is 1. The van der Waals surface area contributed by atoms with Crippen molar-refractivity contribution in [2.45, 2.75) is 26.8 Å². The first-order valence-corrected chi connectivity index (χ1v) is 6.81. The van der Waals surface area contributed by atoms with Crippen molar-refractivity contribution in [3.05, 3.63) is 42.2 Å². The van der Waals surface area contributed by atoms with Crippen molar-refractivity contribution in [3.8, 4) is 17.1 Å². The molecule has 4 heteroatoms. The van der Waals surface area contributed by atoms with Gasteiger partial charge in [0.1, 0.15) is 17.1 Å². The summed E-state index contributed by atoms with van der Waals surface area (Å²) < 4.78 is 2.18. The van der Waals surface area contributed by atoms with Gasteiger partial charge in [0.25, 0.3) is 0 Å². The summed E-state index contributed by atoms with van der Waals surface area (Å²) in [6, 6.07) is 7.67. The van der Waals surface area contributed by atoms with Crippen LogP contribution in [0.3, 0.4) is 0 Å².